The molecule has 0 bridgehead atoms. The van der Waals surface area contributed by atoms with Crippen molar-refractivity contribution < 1.29 is 9.53 Å². The van der Waals surface area contributed by atoms with Crippen LogP contribution in [0.15, 0.2) is 30.3 Å². The molecule has 1 heterocycles. The summed E-state index contributed by atoms with van der Waals surface area (Å²) in [5.41, 5.74) is 1.12. The van der Waals surface area contributed by atoms with E-state index in [0.29, 0.717) is 18.4 Å². The van der Waals surface area contributed by atoms with Crippen molar-refractivity contribution in [1.29, 1.82) is 0 Å². The fourth-order valence-electron chi connectivity index (χ4n) is 2.84. The van der Waals surface area contributed by atoms with Crippen molar-refractivity contribution in [2.45, 2.75) is 45.8 Å². The molecule has 0 amide bonds. The minimum absolute atomic E-state index is 0.104. The number of carbonyl (C=O) groups excluding carboxylic acids is 1. The first-order valence-corrected chi connectivity index (χ1v) is 7.60. The molecule has 0 radical (unpaired) electrons. The van der Waals surface area contributed by atoms with E-state index in [1.807, 2.05) is 25.1 Å². The van der Waals surface area contributed by atoms with Gasteiger partial charge in [0, 0.05) is 24.9 Å². The lowest BCUT2D eigenvalue weighted by Gasteiger charge is -2.26. The molecule has 0 unspecified atom stereocenters. The number of ether oxygens (including phenoxy) is 1. The Balaban J connectivity index is 2.13. The van der Waals surface area contributed by atoms with Gasteiger partial charge in [-0.25, -0.2) is 0 Å². The number of rotatable bonds is 5. The zero-order chi connectivity index (χ0) is 14.5. The molecule has 1 saturated heterocycles. The van der Waals surface area contributed by atoms with Crippen LogP contribution in [0.4, 0.5) is 0 Å². The smallest absolute Gasteiger partial charge is 0.306 e. The topological polar surface area (TPSA) is 29.5 Å². The van der Waals surface area contributed by atoms with E-state index in [-0.39, 0.29) is 12.1 Å². The Morgan fingerprint density at radius 3 is 2.60 bits per heavy atom. The highest BCUT2D eigenvalue weighted by Gasteiger charge is 2.33. The second kappa shape index (κ2) is 6.89. The summed E-state index contributed by atoms with van der Waals surface area (Å²) in [6.45, 7) is 8.39. The monoisotopic (exact) mass is 275 g/mol. The molecule has 1 aromatic rings. The Hall–Kier alpha value is -1.35. The predicted molar refractivity (Wildman–Crippen MR) is 80.4 cm³/mol. The highest BCUT2D eigenvalue weighted by molar-refractivity contribution is 5.69. The molecule has 0 saturated carbocycles. The maximum absolute atomic E-state index is 11.7. The van der Waals surface area contributed by atoms with Crippen LogP contribution < -0.4 is 0 Å². The summed E-state index contributed by atoms with van der Waals surface area (Å²) in [5, 5.41) is 0. The maximum atomic E-state index is 11.7. The van der Waals surface area contributed by atoms with Crippen LogP contribution in [0.25, 0.3) is 0 Å². The van der Waals surface area contributed by atoms with Crippen LogP contribution >= 0.6 is 0 Å². The zero-order valence-corrected chi connectivity index (χ0v) is 12.7. The fraction of sp³-hybridized carbons (Fsp3) is 0.588. The minimum atomic E-state index is -0.109. The Morgan fingerprint density at radius 1 is 1.35 bits per heavy atom. The van der Waals surface area contributed by atoms with Crippen molar-refractivity contribution in [2.24, 2.45) is 5.92 Å². The Kier molecular flexibility index (Phi) is 5.18. The first-order valence-electron chi connectivity index (χ1n) is 7.60. The molecule has 1 aliphatic heterocycles. The van der Waals surface area contributed by atoms with Gasteiger partial charge in [-0.3, -0.25) is 4.79 Å². The summed E-state index contributed by atoms with van der Waals surface area (Å²) in [4.78, 5) is 14.2. The maximum Gasteiger partial charge on any atom is 0.306 e. The number of benzene rings is 1. The van der Waals surface area contributed by atoms with E-state index in [2.05, 4.69) is 30.9 Å². The van der Waals surface area contributed by atoms with E-state index in [1.165, 1.54) is 0 Å². The molecule has 1 aliphatic rings. The molecule has 1 fully saturated rings. The first kappa shape index (κ1) is 15.0. The standard InChI is InChI=1S/C17H25NO2/c1-4-16(19)20-17(14-8-6-5-7-9-14)15-10-11-18(12-15)13(2)3/h5-9,13,15,17H,4,10-12H2,1-3H3/t15-,17+/m1/s1. The van der Waals surface area contributed by atoms with Gasteiger partial charge < -0.3 is 9.64 Å². The quantitative estimate of drug-likeness (QED) is 0.771. The van der Waals surface area contributed by atoms with Gasteiger partial charge in [0.1, 0.15) is 6.10 Å². The van der Waals surface area contributed by atoms with Crippen LogP contribution in [0, 0.1) is 5.92 Å². The van der Waals surface area contributed by atoms with Crippen molar-refractivity contribution in [3.8, 4) is 0 Å². The van der Waals surface area contributed by atoms with Crippen LogP contribution in [0.5, 0.6) is 0 Å². The van der Waals surface area contributed by atoms with Gasteiger partial charge in [-0.05, 0) is 32.4 Å². The minimum Gasteiger partial charge on any atom is -0.457 e. The molecule has 3 heteroatoms. The zero-order valence-electron chi connectivity index (χ0n) is 12.7. The van der Waals surface area contributed by atoms with Crippen LogP contribution in [0.2, 0.25) is 0 Å². The molecule has 20 heavy (non-hydrogen) atoms. The summed E-state index contributed by atoms with van der Waals surface area (Å²) >= 11 is 0. The molecule has 2 rings (SSSR count). The second-order valence-electron chi connectivity index (χ2n) is 5.81. The average Bonchev–Trinajstić information content (AvgIpc) is 2.95. The number of nitrogens with zero attached hydrogens (tertiary/aromatic N) is 1. The number of esters is 1. The van der Waals surface area contributed by atoms with Gasteiger partial charge in [-0.15, -0.1) is 0 Å². The lowest BCUT2D eigenvalue weighted by molar-refractivity contribution is -0.151. The summed E-state index contributed by atoms with van der Waals surface area (Å²) in [7, 11) is 0. The van der Waals surface area contributed by atoms with Gasteiger partial charge in [-0.1, -0.05) is 37.3 Å². The van der Waals surface area contributed by atoms with Crippen molar-refractivity contribution in [1.82, 2.24) is 4.90 Å². The van der Waals surface area contributed by atoms with Crippen molar-refractivity contribution in [3.05, 3.63) is 35.9 Å². The molecule has 0 aromatic heterocycles. The third-order valence-electron chi connectivity index (χ3n) is 4.09. The van der Waals surface area contributed by atoms with Crippen LogP contribution in [-0.4, -0.2) is 30.0 Å². The van der Waals surface area contributed by atoms with Gasteiger partial charge in [-0.2, -0.15) is 0 Å². The van der Waals surface area contributed by atoms with Crippen LogP contribution in [0.1, 0.15) is 45.3 Å². The third-order valence-corrected chi connectivity index (χ3v) is 4.09. The Morgan fingerprint density at radius 2 is 2.05 bits per heavy atom. The summed E-state index contributed by atoms with van der Waals surface area (Å²) < 4.78 is 5.73. The fourth-order valence-corrected chi connectivity index (χ4v) is 2.84. The largest absolute Gasteiger partial charge is 0.457 e. The summed E-state index contributed by atoms with van der Waals surface area (Å²) in [6, 6.07) is 10.7. The number of likely N-dealkylation sites (tertiary alicyclic amines) is 1. The molecular formula is C17H25NO2. The molecule has 110 valence electrons. The predicted octanol–water partition coefficient (Wildman–Crippen LogP) is 3.41. The summed E-state index contributed by atoms with van der Waals surface area (Å²) in [6.07, 6.45) is 1.42. The van der Waals surface area contributed by atoms with Crippen molar-refractivity contribution in [3.63, 3.8) is 0 Å². The highest BCUT2D eigenvalue weighted by Crippen LogP contribution is 2.34. The SMILES string of the molecule is CCC(=O)O[C@@H](c1ccccc1)[C@@H]1CCN(C(C)C)C1. The van der Waals surface area contributed by atoms with Crippen molar-refractivity contribution >= 4 is 5.97 Å². The second-order valence-corrected chi connectivity index (χ2v) is 5.81. The summed E-state index contributed by atoms with van der Waals surface area (Å²) in [5.74, 6) is 0.289. The van der Waals surface area contributed by atoms with Crippen LogP contribution in [-0.2, 0) is 9.53 Å². The van der Waals surface area contributed by atoms with Gasteiger partial charge >= 0.3 is 5.97 Å². The Bertz CT molecular complexity index is 430. The molecule has 0 spiro atoms. The van der Waals surface area contributed by atoms with Gasteiger partial charge in [0.2, 0.25) is 0 Å². The van der Waals surface area contributed by atoms with Crippen LogP contribution in [0.3, 0.4) is 0 Å². The molecule has 3 nitrogen and oxygen atoms in total. The van der Waals surface area contributed by atoms with Gasteiger partial charge in [0.25, 0.3) is 0 Å². The van der Waals surface area contributed by atoms with E-state index in [4.69, 9.17) is 4.74 Å². The van der Waals surface area contributed by atoms with Gasteiger partial charge in [0.05, 0.1) is 0 Å². The highest BCUT2D eigenvalue weighted by atomic mass is 16.5. The van der Waals surface area contributed by atoms with E-state index in [9.17, 15) is 4.79 Å². The molecule has 0 aliphatic carbocycles. The normalized spacial score (nSPS) is 21.1. The van der Waals surface area contributed by atoms with E-state index in [0.717, 1.165) is 25.1 Å². The number of hydrogen-bond acceptors (Lipinski definition) is 3. The lowest BCUT2D eigenvalue weighted by atomic mass is 9.95. The van der Waals surface area contributed by atoms with E-state index >= 15 is 0 Å². The lowest BCUT2D eigenvalue weighted by Crippen LogP contribution is -2.30. The average molecular weight is 275 g/mol. The number of hydrogen-bond donors (Lipinski definition) is 0. The first-order chi connectivity index (χ1) is 9.61. The van der Waals surface area contributed by atoms with Gasteiger partial charge in [0.15, 0.2) is 0 Å². The molecule has 2 atom stereocenters. The van der Waals surface area contributed by atoms with Crippen molar-refractivity contribution in [2.75, 3.05) is 13.1 Å². The van der Waals surface area contributed by atoms with E-state index in [1.54, 1.807) is 0 Å². The molecular weight excluding hydrogens is 250 g/mol. The molecule has 0 N–H and O–H groups in total. The third kappa shape index (κ3) is 3.60. The van der Waals surface area contributed by atoms with E-state index < -0.39 is 0 Å². The molecule has 1 aromatic carbocycles. The number of carbonyl (C=O) groups is 1. The Labute approximate surface area is 121 Å².